The molecule has 1 aromatic heterocycles. The summed E-state index contributed by atoms with van der Waals surface area (Å²) in [5.41, 5.74) is 3.42. The van der Waals surface area contributed by atoms with E-state index in [4.69, 9.17) is 4.74 Å². The largest absolute Gasteiger partial charge is 0.452 e. The molecule has 31 heavy (non-hydrogen) atoms. The van der Waals surface area contributed by atoms with E-state index in [0.717, 1.165) is 11.1 Å². The van der Waals surface area contributed by atoms with Gasteiger partial charge in [0.25, 0.3) is 5.91 Å². The first-order chi connectivity index (χ1) is 14.9. The molecule has 8 heteroatoms. The molecule has 8 nitrogen and oxygen atoms in total. The Labute approximate surface area is 180 Å². The van der Waals surface area contributed by atoms with Crippen molar-refractivity contribution in [1.82, 2.24) is 20.4 Å². The Morgan fingerprint density at radius 1 is 0.935 bits per heavy atom. The number of nitrogens with one attached hydrogen (secondary N) is 2. The summed E-state index contributed by atoms with van der Waals surface area (Å²) in [6.45, 7) is 3.71. The Morgan fingerprint density at radius 2 is 1.55 bits per heavy atom. The Morgan fingerprint density at radius 3 is 2.19 bits per heavy atom. The minimum atomic E-state index is -0.717. The van der Waals surface area contributed by atoms with Crippen molar-refractivity contribution in [2.24, 2.45) is 0 Å². The molecule has 0 unspecified atom stereocenters. The molecule has 3 rings (SSSR count). The average molecular weight is 420 g/mol. The van der Waals surface area contributed by atoms with E-state index in [1.54, 1.807) is 18.5 Å². The molecule has 0 aliphatic heterocycles. The second-order valence-electron chi connectivity index (χ2n) is 6.98. The van der Waals surface area contributed by atoms with Crippen LogP contribution in [0.15, 0.2) is 60.7 Å². The van der Waals surface area contributed by atoms with Gasteiger partial charge in [0.1, 0.15) is 5.56 Å². The summed E-state index contributed by atoms with van der Waals surface area (Å²) in [4.78, 5) is 36.3. The number of carbonyl (C=O) groups is 3. The number of aromatic nitrogens is 2. The van der Waals surface area contributed by atoms with Crippen LogP contribution in [0.2, 0.25) is 0 Å². The van der Waals surface area contributed by atoms with Gasteiger partial charge >= 0.3 is 12.0 Å². The van der Waals surface area contributed by atoms with E-state index in [9.17, 15) is 14.4 Å². The van der Waals surface area contributed by atoms with Crippen LogP contribution < -0.4 is 10.6 Å². The smallest absolute Gasteiger partial charge is 0.342 e. The molecule has 0 atom stereocenters. The minimum absolute atomic E-state index is 0.277. The van der Waals surface area contributed by atoms with Crippen molar-refractivity contribution >= 4 is 17.9 Å². The second-order valence-corrected chi connectivity index (χ2v) is 6.98. The molecule has 0 fully saturated rings. The van der Waals surface area contributed by atoms with Gasteiger partial charge in [-0.2, -0.15) is 5.10 Å². The van der Waals surface area contributed by atoms with E-state index in [1.807, 2.05) is 60.7 Å². The van der Waals surface area contributed by atoms with Gasteiger partial charge in [-0.1, -0.05) is 60.7 Å². The molecule has 0 aliphatic carbocycles. The fraction of sp³-hybridized carbons (Fsp3) is 0.217. The fourth-order valence-electron chi connectivity index (χ4n) is 3.09. The summed E-state index contributed by atoms with van der Waals surface area (Å²) in [5, 5.41) is 9.11. The monoisotopic (exact) mass is 420 g/mol. The van der Waals surface area contributed by atoms with Crippen LogP contribution >= 0.6 is 0 Å². The predicted octanol–water partition coefficient (Wildman–Crippen LogP) is 2.73. The van der Waals surface area contributed by atoms with Crippen LogP contribution in [-0.4, -0.2) is 34.3 Å². The highest BCUT2D eigenvalue weighted by Gasteiger charge is 2.21. The zero-order chi connectivity index (χ0) is 22.2. The molecule has 3 aromatic rings. The third-order valence-electron chi connectivity index (χ3n) is 4.64. The molecule has 0 saturated heterocycles. The molecular formula is C23H24N4O4. The lowest BCUT2D eigenvalue weighted by Gasteiger charge is -2.08. The standard InChI is InChI=1S/C23H24N4O4/c1-16-21(17(2)27(26-16)14-19-11-7-4-8-12-19)22(29)31-15-20(28)25-23(30)24-13-18-9-5-3-6-10-18/h3-12H,13-15H2,1-2H3,(H2,24,25,28,30). The summed E-state index contributed by atoms with van der Waals surface area (Å²) in [6.07, 6.45) is 0. The molecule has 2 N–H and O–H groups in total. The average Bonchev–Trinajstić information content (AvgIpc) is 3.05. The van der Waals surface area contributed by atoms with Gasteiger partial charge in [0.15, 0.2) is 6.61 Å². The molecule has 160 valence electrons. The number of carbonyl (C=O) groups excluding carboxylic acids is 3. The van der Waals surface area contributed by atoms with Gasteiger partial charge in [-0.05, 0) is 25.0 Å². The number of ether oxygens (including phenoxy) is 1. The van der Waals surface area contributed by atoms with Gasteiger partial charge in [0.2, 0.25) is 0 Å². The molecule has 0 spiro atoms. The number of nitrogens with zero attached hydrogens (tertiary/aromatic N) is 2. The molecule has 0 aliphatic rings. The van der Waals surface area contributed by atoms with Crippen molar-refractivity contribution in [3.8, 4) is 0 Å². The third-order valence-corrected chi connectivity index (χ3v) is 4.64. The SMILES string of the molecule is Cc1nn(Cc2ccccc2)c(C)c1C(=O)OCC(=O)NC(=O)NCc1ccccc1. The van der Waals surface area contributed by atoms with Gasteiger partial charge in [0.05, 0.1) is 17.9 Å². The number of hydrogen-bond donors (Lipinski definition) is 2. The van der Waals surface area contributed by atoms with Crippen molar-refractivity contribution in [3.05, 3.63) is 88.7 Å². The van der Waals surface area contributed by atoms with Gasteiger partial charge in [-0.25, -0.2) is 9.59 Å². The highest BCUT2D eigenvalue weighted by Crippen LogP contribution is 2.16. The number of urea groups is 1. The van der Waals surface area contributed by atoms with Crippen LogP contribution in [0.25, 0.3) is 0 Å². The predicted molar refractivity (Wildman–Crippen MR) is 114 cm³/mol. The lowest BCUT2D eigenvalue weighted by atomic mass is 10.2. The van der Waals surface area contributed by atoms with Crippen molar-refractivity contribution in [2.75, 3.05) is 6.61 Å². The molecule has 2 aromatic carbocycles. The Bertz CT molecular complexity index is 1060. The summed E-state index contributed by atoms with van der Waals surface area (Å²) >= 11 is 0. The number of rotatable bonds is 7. The maximum Gasteiger partial charge on any atom is 0.342 e. The van der Waals surface area contributed by atoms with Gasteiger partial charge < -0.3 is 10.1 Å². The molecule has 0 saturated carbocycles. The first-order valence-corrected chi connectivity index (χ1v) is 9.80. The molecule has 0 radical (unpaired) electrons. The normalized spacial score (nSPS) is 10.4. The number of benzene rings is 2. The summed E-state index contributed by atoms with van der Waals surface area (Å²) in [5.74, 6) is -1.37. The minimum Gasteiger partial charge on any atom is -0.452 e. The van der Waals surface area contributed by atoms with E-state index >= 15 is 0 Å². The number of aryl methyl sites for hydroxylation is 1. The number of amides is 3. The van der Waals surface area contributed by atoms with Crippen LogP contribution in [0.5, 0.6) is 0 Å². The lowest BCUT2D eigenvalue weighted by molar-refractivity contribution is -0.123. The van der Waals surface area contributed by atoms with Crippen LogP contribution in [0.1, 0.15) is 32.9 Å². The summed E-state index contributed by atoms with van der Waals surface area (Å²) < 4.78 is 6.82. The molecule has 3 amide bonds. The highest BCUT2D eigenvalue weighted by atomic mass is 16.5. The van der Waals surface area contributed by atoms with Gasteiger partial charge in [-0.15, -0.1) is 0 Å². The van der Waals surface area contributed by atoms with E-state index in [2.05, 4.69) is 15.7 Å². The van der Waals surface area contributed by atoms with Gasteiger partial charge in [-0.3, -0.25) is 14.8 Å². The summed E-state index contributed by atoms with van der Waals surface area (Å²) in [7, 11) is 0. The van der Waals surface area contributed by atoms with Crippen molar-refractivity contribution < 1.29 is 19.1 Å². The second kappa shape index (κ2) is 10.2. The van der Waals surface area contributed by atoms with Crippen LogP contribution in [0.3, 0.4) is 0 Å². The van der Waals surface area contributed by atoms with Crippen LogP contribution in [-0.2, 0) is 22.6 Å². The first-order valence-electron chi connectivity index (χ1n) is 9.80. The maximum atomic E-state index is 12.5. The zero-order valence-corrected chi connectivity index (χ0v) is 17.4. The maximum absolute atomic E-state index is 12.5. The first kappa shape index (κ1) is 21.8. The lowest BCUT2D eigenvalue weighted by Crippen LogP contribution is -2.41. The van der Waals surface area contributed by atoms with Crippen molar-refractivity contribution in [3.63, 3.8) is 0 Å². The Kier molecular flexibility index (Phi) is 7.16. The van der Waals surface area contributed by atoms with Crippen molar-refractivity contribution in [1.29, 1.82) is 0 Å². The molecular weight excluding hydrogens is 396 g/mol. The van der Waals surface area contributed by atoms with E-state index in [-0.39, 0.29) is 6.54 Å². The van der Waals surface area contributed by atoms with Crippen LogP contribution in [0, 0.1) is 13.8 Å². The quantitative estimate of drug-likeness (QED) is 0.572. The summed E-state index contributed by atoms with van der Waals surface area (Å²) in [6, 6.07) is 18.4. The molecule has 0 bridgehead atoms. The van der Waals surface area contributed by atoms with Crippen LogP contribution in [0.4, 0.5) is 4.79 Å². The van der Waals surface area contributed by atoms with Crippen molar-refractivity contribution in [2.45, 2.75) is 26.9 Å². The van der Waals surface area contributed by atoms with Gasteiger partial charge in [0, 0.05) is 6.54 Å². The fourth-order valence-corrected chi connectivity index (χ4v) is 3.09. The zero-order valence-electron chi connectivity index (χ0n) is 17.4. The Hall–Kier alpha value is -3.94. The Balaban J connectivity index is 1.51. The topological polar surface area (TPSA) is 102 Å². The third kappa shape index (κ3) is 6.02. The number of imide groups is 1. The van der Waals surface area contributed by atoms with E-state index in [0.29, 0.717) is 23.5 Å². The number of esters is 1. The highest BCUT2D eigenvalue weighted by molar-refractivity contribution is 5.97. The van der Waals surface area contributed by atoms with E-state index in [1.165, 1.54) is 0 Å². The number of hydrogen-bond acceptors (Lipinski definition) is 5. The molecule has 1 heterocycles. The van der Waals surface area contributed by atoms with E-state index < -0.39 is 24.5 Å².